The zero-order valence-corrected chi connectivity index (χ0v) is 11.6. The molecule has 2 rings (SSSR count). The monoisotopic (exact) mass is 260 g/mol. The molecule has 0 amide bonds. The summed E-state index contributed by atoms with van der Waals surface area (Å²) < 4.78 is 0. The molecule has 1 nitrogen and oxygen atoms in total. The molecule has 0 aromatic heterocycles. The van der Waals surface area contributed by atoms with Gasteiger partial charge in [0.2, 0.25) is 0 Å². The van der Waals surface area contributed by atoms with E-state index in [1.807, 2.05) is 80.7 Å². The Morgan fingerprint density at radius 2 is 1.55 bits per heavy atom. The summed E-state index contributed by atoms with van der Waals surface area (Å²) in [6.45, 7) is 3.90. The number of carbonyl (C=O) groups excluding carboxylic acids is 1. The summed E-state index contributed by atoms with van der Waals surface area (Å²) in [6.07, 6.45) is 5.39. The van der Waals surface area contributed by atoms with Gasteiger partial charge < -0.3 is 0 Å². The third-order valence-electron chi connectivity index (χ3n) is 3.46. The van der Waals surface area contributed by atoms with Crippen LogP contribution in [0.5, 0.6) is 0 Å². The van der Waals surface area contributed by atoms with Gasteiger partial charge >= 0.3 is 0 Å². The standard InChI is InChI=1S/C18H17BO/c1-2-18(19,16-11-7-4-8-12-16)14-13-17(20)15-9-5-3-6-10-15/h2-14H,1,19H2/b14-13+/t18-/m0/s1. The Kier molecular flexibility index (Phi) is 4.36. The maximum Gasteiger partial charge on any atom is 0.185 e. The highest BCUT2D eigenvalue weighted by Gasteiger charge is 2.19. The Labute approximate surface area is 121 Å². The van der Waals surface area contributed by atoms with Gasteiger partial charge in [0.05, 0.1) is 0 Å². The molecule has 2 aromatic carbocycles. The second-order valence-corrected chi connectivity index (χ2v) is 4.92. The van der Waals surface area contributed by atoms with Gasteiger partial charge in [-0.25, -0.2) is 0 Å². The minimum Gasteiger partial charge on any atom is -0.289 e. The number of benzene rings is 2. The van der Waals surface area contributed by atoms with Crippen LogP contribution >= 0.6 is 0 Å². The van der Waals surface area contributed by atoms with E-state index in [1.54, 1.807) is 6.08 Å². The first-order valence-electron chi connectivity index (χ1n) is 6.63. The Balaban J connectivity index is 2.24. The molecule has 0 unspecified atom stereocenters. The van der Waals surface area contributed by atoms with Crippen LogP contribution in [-0.2, 0) is 5.31 Å². The van der Waals surface area contributed by atoms with Crippen LogP contribution in [0.4, 0.5) is 0 Å². The molecule has 2 heteroatoms. The van der Waals surface area contributed by atoms with Crippen molar-refractivity contribution in [2.75, 3.05) is 0 Å². The van der Waals surface area contributed by atoms with E-state index in [0.717, 1.165) is 5.56 Å². The minimum atomic E-state index is -0.342. The molecule has 0 fully saturated rings. The minimum absolute atomic E-state index is 0.00889. The van der Waals surface area contributed by atoms with E-state index in [-0.39, 0.29) is 11.1 Å². The average Bonchev–Trinajstić information content (AvgIpc) is 2.54. The first-order chi connectivity index (χ1) is 9.65. The average molecular weight is 260 g/mol. The quantitative estimate of drug-likeness (QED) is 0.349. The molecule has 1 atom stereocenters. The highest BCUT2D eigenvalue weighted by Crippen LogP contribution is 2.23. The van der Waals surface area contributed by atoms with Crippen molar-refractivity contribution in [3.63, 3.8) is 0 Å². The van der Waals surface area contributed by atoms with Crippen molar-refractivity contribution in [1.82, 2.24) is 0 Å². The largest absolute Gasteiger partial charge is 0.289 e. The molecule has 0 aliphatic carbocycles. The number of rotatable bonds is 5. The number of hydrogen-bond acceptors (Lipinski definition) is 1. The van der Waals surface area contributed by atoms with Crippen LogP contribution in [0.25, 0.3) is 0 Å². The highest BCUT2D eigenvalue weighted by atomic mass is 16.1. The Morgan fingerprint density at radius 1 is 1.00 bits per heavy atom. The van der Waals surface area contributed by atoms with Gasteiger partial charge in [0, 0.05) is 10.9 Å². The summed E-state index contributed by atoms with van der Waals surface area (Å²) in [5, 5.41) is -0.342. The van der Waals surface area contributed by atoms with Crippen molar-refractivity contribution in [3.05, 3.63) is 96.6 Å². The molecule has 0 saturated heterocycles. The van der Waals surface area contributed by atoms with Crippen LogP contribution in [0.3, 0.4) is 0 Å². The van der Waals surface area contributed by atoms with Gasteiger partial charge in [0.15, 0.2) is 5.78 Å². The number of allylic oxidation sites excluding steroid dienone is 3. The smallest absolute Gasteiger partial charge is 0.185 e. The van der Waals surface area contributed by atoms with Crippen LogP contribution in [0.2, 0.25) is 0 Å². The lowest BCUT2D eigenvalue weighted by molar-refractivity contribution is 0.104. The normalized spacial score (nSPS) is 13.8. The summed E-state index contributed by atoms with van der Waals surface area (Å²) in [5.41, 5.74) is 1.82. The van der Waals surface area contributed by atoms with Crippen LogP contribution < -0.4 is 0 Å². The molecule has 0 bridgehead atoms. The molecule has 98 valence electrons. The summed E-state index contributed by atoms with van der Waals surface area (Å²) in [7, 11) is 2.05. The van der Waals surface area contributed by atoms with Gasteiger partial charge in [-0.1, -0.05) is 72.8 Å². The predicted molar refractivity (Wildman–Crippen MR) is 86.8 cm³/mol. The third kappa shape index (κ3) is 3.15. The lowest BCUT2D eigenvalue weighted by Crippen LogP contribution is -2.20. The predicted octanol–water partition coefficient (Wildman–Crippen LogP) is 3.14. The van der Waals surface area contributed by atoms with Gasteiger partial charge in [0.1, 0.15) is 7.85 Å². The maximum atomic E-state index is 12.1. The van der Waals surface area contributed by atoms with E-state index >= 15 is 0 Å². The molecule has 0 aliphatic heterocycles. The van der Waals surface area contributed by atoms with Crippen molar-refractivity contribution in [2.24, 2.45) is 0 Å². The first kappa shape index (κ1) is 14.1. The first-order valence-corrected chi connectivity index (χ1v) is 6.63. The molecule has 0 heterocycles. The van der Waals surface area contributed by atoms with Gasteiger partial charge in [-0.2, -0.15) is 0 Å². The Morgan fingerprint density at radius 3 is 2.10 bits per heavy atom. The number of carbonyl (C=O) groups is 1. The summed E-state index contributed by atoms with van der Waals surface area (Å²) in [6, 6.07) is 19.3. The second-order valence-electron chi connectivity index (χ2n) is 4.92. The summed E-state index contributed by atoms with van der Waals surface area (Å²) in [4.78, 5) is 12.1. The molecular weight excluding hydrogens is 243 g/mol. The SMILES string of the molecule is B[C@@](C=C)(/C=C/C(=O)c1ccccc1)c1ccccc1. The van der Waals surface area contributed by atoms with Crippen LogP contribution in [0.1, 0.15) is 15.9 Å². The van der Waals surface area contributed by atoms with E-state index in [9.17, 15) is 4.79 Å². The topological polar surface area (TPSA) is 17.1 Å². The fourth-order valence-electron chi connectivity index (χ4n) is 2.03. The molecule has 2 aromatic rings. The van der Waals surface area contributed by atoms with E-state index in [1.165, 1.54) is 0 Å². The molecule has 0 N–H and O–H groups in total. The van der Waals surface area contributed by atoms with E-state index in [4.69, 9.17) is 0 Å². The third-order valence-corrected chi connectivity index (χ3v) is 3.46. The van der Waals surface area contributed by atoms with Gasteiger partial charge in [0.25, 0.3) is 0 Å². The van der Waals surface area contributed by atoms with E-state index in [2.05, 4.69) is 6.58 Å². The molecule has 0 saturated carbocycles. The summed E-state index contributed by atoms with van der Waals surface area (Å²) >= 11 is 0. The zero-order chi connectivity index (χ0) is 14.4. The van der Waals surface area contributed by atoms with Crippen LogP contribution in [-0.4, -0.2) is 13.6 Å². The van der Waals surface area contributed by atoms with Gasteiger partial charge in [-0.15, -0.1) is 6.58 Å². The van der Waals surface area contributed by atoms with Crippen LogP contribution in [0, 0.1) is 0 Å². The van der Waals surface area contributed by atoms with Gasteiger partial charge in [-0.3, -0.25) is 4.79 Å². The number of hydrogen-bond donors (Lipinski definition) is 0. The van der Waals surface area contributed by atoms with Crippen molar-refractivity contribution in [3.8, 4) is 0 Å². The van der Waals surface area contributed by atoms with Gasteiger partial charge in [-0.05, 0) is 11.6 Å². The second kappa shape index (κ2) is 6.20. The van der Waals surface area contributed by atoms with Crippen LogP contribution in [0.15, 0.2) is 85.5 Å². The molecule has 0 aliphatic rings. The summed E-state index contributed by atoms with van der Waals surface area (Å²) in [5.74, 6) is 0.00889. The fraction of sp³-hybridized carbons (Fsp3) is 0.0556. The van der Waals surface area contributed by atoms with E-state index < -0.39 is 0 Å². The lowest BCUT2D eigenvalue weighted by Gasteiger charge is -2.22. The fourth-order valence-corrected chi connectivity index (χ4v) is 2.03. The Bertz CT molecular complexity index is 616. The Hall–Kier alpha value is -2.35. The van der Waals surface area contributed by atoms with Crippen molar-refractivity contribution in [1.29, 1.82) is 0 Å². The molecule has 20 heavy (non-hydrogen) atoms. The van der Waals surface area contributed by atoms with Crippen molar-refractivity contribution >= 4 is 13.6 Å². The molecule has 0 spiro atoms. The van der Waals surface area contributed by atoms with E-state index in [0.29, 0.717) is 5.56 Å². The van der Waals surface area contributed by atoms with Crippen molar-refractivity contribution in [2.45, 2.75) is 5.31 Å². The number of ketones is 1. The highest BCUT2D eigenvalue weighted by molar-refractivity contribution is 6.19. The molecule has 0 radical (unpaired) electrons. The maximum absolute atomic E-state index is 12.1. The lowest BCUT2D eigenvalue weighted by atomic mass is 9.64. The van der Waals surface area contributed by atoms with Crippen molar-refractivity contribution < 1.29 is 4.79 Å². The zero-order valence-electron chi connectivity index (χ0n) is 11.6. The molecular formula is C18H17BO.